The third-order valence-corrected chi connectivity index (χ3v) is 4.74. The summed E-state index contributed by atoms with van der Waals surface area (Å²) in [5.74, 6) is 6.35. The first-order chi connectivity index (χ1) is 8.50. The van der Waals surface area contributed by atoms with E-state index in [9.17, 15) is 8.42 Å². The molecular weight excluding hydrogens is 256 g/mol. The van der Waals surface area contributed by atoms with Crippen molar-refractivity contribution in [3.05, 3.63) is 0 Å². The van der Waals surface area contributed by atoms with Gasteiger partial charge in [-0.05, 0) is 12.8 Å². The van der Waals surface area contributed by atoms with Crippen molar-refractivity contribution in [1.29, 1.82) is 0 Å². The summed E-state index contributed by atoms with van der Waals surface area (Å²) in [7, 11) is 0.550. The first-order valence-electron chi connectivity index (χ1n) is 5.93. The molecule has 0 amide bonds. The highest BCUT2D eigenvalue weighted by atomic mass is 32.2. The Kier molecular flexibility index (Phi) is 5.83. The standard InChI is InChI=1S/C10H22N4O3S/c1-14(9-4-7-18(15,16)8-9)10(13-11)12-5-3-6-17-2/h9H,3-8,11H2,1-2H3,(H,12,13). The number of nitrogens with one attached hydrogen (secondary N) is 1. The van der Waals surface area contributed by atoms with Gasteiger partial charge in [0, 0.05) is 33.4 Å². The van der Waals surface area contributed by atoms with Crippen molar-refractivity contribution >= 4 is 15.8 Å². The van der Waals surface area contributed by atoms with Crippen LogP contribution in [0.3, 0.4) is 0 Å². The number of sulfone groups is 1. The van der Waals surface area contributed by atoms with Crippen LogP contribution in [0.1, 0.15) is 12.8 Å². The predicted octanol–water partition coefficient (Wildman–Crippen LogP) is -1.04. The number of hydrogen-bond acceptors (Lipinski definition) is 5. The van der Waals surface area contributed by atoms with Crippen molar-refractivity contribution in [3.63, 3.8) is 0 Å². The molecular formula is C10H22N4O3S. The summed E-state index contributed by atoms with van der Waals surface area (Å²) < 4.78 is 27.8. The van der Waals surface area contributed by atoms with Crippen molar-refractivity contribution in [2.24, 2.45) is 10.8 Å². The summed E-state index contributed by atoms with van der Waals surface area (Å²) in [6, 6.07) is -0.0489. The van der Waals surface area contributed by atoms with Crippen molar-refractivity contribution in [2.45, 2.75) is 18.9 Å². The summed E-state index contributed by atoms with van der Waals surface area (Å²) in [4.78, 5) is 6.11. The molecule has 8 heteroatoms. The number of aliphatic imine (C=N–C) groups is 1. The van der Waals surface area contributed by atoms with E-state index in [1.807, 2.05) is 0 Å². The Morgan fingerprint density at radius 2 is 2.33 bits per heavy atom. The molecule has 1 aliphatic heterocycles. The third kappa shape index (κ3) is 4.43. The minimum Gasteiger partial charge on any atom is -0.385 e. The second-order valence-electron chi connectivity index (χ2n) is 4.36. The smallest absolute Gasteiger partial charge is 0.208 e. The molecule has 106 valence electrons. The van der Waals surface area contributed by atoms with E-state index in [1.165, 1.54) is 0 Å². The number of nitrogens with two attached hydrogens (primary N) is 1. The van der Waals surface area contributed by atoms with Gasteiger partial charge in [-0.3, -0.25) is 10.4 Å². The van der Waals surface area contributed by atoms with E-state index < -0.39 is 9.84 Å². The molecule has 0 spiro atoms. The average molecular weight is 278 g/mol. The van der Waals surface area contributed by atoms with Crippen LogP contribution in [0, 0.1) is 0 Å². The fraction of sp³-hybridized carbons (Fsp3) is 0.900. The average Bonchev–Trinajstić information content (AvgIpc) is 2.69. The zero-order valence-corrected chi connectivity index (χ0v) is 11.7. The molecule has 7 nitrogen and oxygen atoms in total. The number of methoxy groups -OCH3 is 1. The molecule has 0 saturated carbocycles. The molecule has 1 rings (SSSR count). The molecule has 1 fully saturated rings. The molecule has 0 aromatic heterocycles. The first kappa shape index (κ1) is 15.2. The van der Waals surface area contributed by atoms with E-state index in [1.54, 1.807) is 19.1 Å². The molecule has 18 heavy (non-hydrogen) atoms. The van der Waals surface area contributed by atoms with E-state index >= 15 is 0 Å². The lowest BCUT2D eigenvalue weighted by Gasteiger charge is -2.26. The van der Waals surface area contributed by atoms with Gasteiger partial charge in [-0.25, -0.2) is 14.3 Å². The zero-order valence-electron chi connectivity index (χ0n) is 10.9. The number of rotatable bonds is 5. The summed E-state index contributed by atoms with van der Waals surface area (Å²) in [6.45, 7) is 1.24. The van der Waals surface area contributed by atoms with Crippen molar-refractivity contribution < 1.29 is 13.2 Å². The highest BCUT2D eigenvalue weighted by molar-refractivity contribution is 7.91. The lowest BCUT2D eigenvalue weighted by atomic mass is 10.2. The Hall–Kier alpha value is -0.860. The largest absolute Gasteiger partial charge is 0.385 e. The van der Waals surface area contributed by atoms with E-state index in [2.05, 4.69) is 10.4 Å². The van der Waals surface area contributed by atoms with Gasteiger partial charge in [0.2, 0.25) is 5.96 Å². The Labute approximate surface area is 108 Å². The molecule has 1 unspecified atom stereocenters. The zero-order chi connectivity index (χ0) is 13.6. The van der Waals surface area contributed by atoms with Gasteiger partial charge in [-0.15, -0.1) is 0 Å². The SMILES string of the molecule is COCCCN=C(NN)N(C)C1CCS(=O)(=O)C1. The van der Waals surface area contributed by atoms with Crippen LogP contribution in [-0.4, -0.2) is 64.1 Å². The summed E-state index contributed by atoms with van der Waals surface area (Å²) in [5, 5.41) is 0. The summed E-state index contributed by atoms with van der Waals surface area (Å²) in [5.41, 5.74) is 2.52. The lowest BCUT2D eigenvalue weighted by molar-refractivity contribution is 0.197. The normalized spacial score (nSPS) is 23.1. The number of hydrogen-bond donors (Lipinski definition) is 2. The Bertz CT molecular complexity index is 383. The van der Waals surface area contributed by atoms with Crippen LogP contribution >= 0.6 is 0 Å². The number of ether oxygens (including phenoxy) is 1. The molecule has 0 bridgehead atoms. The predicted molar refractivity (Wildman–Crippen MR) is 70.9 cm³/mol. The van der Waals surface area contributed by atoms with Crippen molar-refractivity contribution in [2.75, 3.05) is 38.8 Å². The highest BCUT2D eigenvalue weighted by Gasteiger charge is 2.31. The van der Waals surface area contributed by atoms with Gasteiger partial charge in [0.1, 0.15) is 0 Å². The van der Waals surface area contributed by atoms with E-state index in [4.69, 9.17) is 10.6 Å². The summed E-state index contributed by atoms with van der Waals surface area (Å²) in [6.07, 6.45) is 1.43. The minimum absolute atomic E-state index is 0.0489. The number of guanidine groups is 1. The van der Waals surface area contributed by atoms with Gasteiger partial charge < -0.3 is 9.64 Å². The third-order valence-electron chi connectivity index (χ3n) is 2.99. The lowest BCUT2D eigenvalue weighted by Crippen LogP contribution is -2.48. The quantitative estimate of drug-likeness (QED) is 0.219. The molecule has 1 atom stereocenters. The maximum Gasteiger partial charge on any atom is 0.208 e. The minimum atomic E-state index is -2.90. The number of nitrogens with zero attached hydrogens (tertiary/aromatic N) is 2. The maximum atomic E-state index is 11.4. The maximum absolute atomic E-state index is 11.4. The van der Waals surface area contributed by atoms with Crippen molar-refractivity contribution in [1.82, 2.24) is 10.3 Å². The molecule has 0 radical (unpaired) electrons. The fourth-order valence-corrected chi connectivity index (χ4v) is 3.68. The first-order valence-corrected chi connectivity index (χ1v) is 7.75. The van der Waals surface area contributed by atoms with Gasteiger partial charge in [0.25, 0.3) is 0 Å². The van der Waals surface area contributed by atoms with E-state index in [0.717, 1.165) is 6.42 Å². The Morgan fingerprint density at radius 1 is 1.61 bits per heavy atom. The Balaban J connectivity index is 2.54. The fourth-order valence-electron chi connectivity index (χ4n) is 1.91. The van der Waals surface area contributed by atoms with Crippen LogP contribution in [0.2, 0.25) is 0 Å². The van der Waals surface area contributed by atoms with Gasteiger partial charge in [-0.1, -0.05) is 0 Å². The molecule has 3 N–H and O–H groups in total. The van der Waals surface area contributed by atoms with Crippen LogP contribution < -0.4 is 11.3 Å². The van der Waals surface area contributed by atoms with Gasteiger partial charge in [0.15, 0.2) is 9.84 Å². The van der Waals surface area contributed by atoms with Gasteiger partial charge >= 0.3 is 0 Å². The van der Waals surface area contributed by atoms with Crippen LogP contribution in [0.4, 0.5) is 0 Å². The second-order valence-corrected chi connectivity index (χ2v) is 6.59. The molecule has 0 aromatic carbocycles. The van der Waals surface area contributed by atoms with Crippen LogP contribution in [0.25, 0.3) is 0 Å². The topological polar surface area (TPSA) is 97.0 Å². The highest BCUT2D eigenvalue weighted by Crippen LogP contribution is 2.16. The molecule has 0 aliphatic carbocycles. The molecule has 0 aromatic rings. The summed E-state index contributed by atoms with van der Waals surface area (Å²) >= 11 is 0. The number of hydrazine groups is 1. The molecule has 1 saturated heterocycles. The molecule has 1 heterocycles. The van der Waals surface area contributed by atoms with Crippen LogP contribution in [0.5, 0.6) is 0 Å². The van der Waals surface area contributed by atoms with Crippen LogP contribution in [-0.2, 0) is 14.6 Å². The Morgan fingerprint density at radius 3 is 2.83 bits per heavy atom. The molecule has 1 aliphatic rings. The van der Waals surface area contributed by atoms with E-state index in [0.29, 0.717) is 25.5 Å². The second kappa shape index (κ2) is 6.91. The van der Waals surface area contributed by atoms with Gasteiger partial charge in [0.05, 0.1) is 11.5 Å². The van der Waals surface area contributed by atoms with Crippen LogP contribution in [0.15, 0.2) is 4.99 Å². The van der Waals surface area contributed by atoms with Crippen molar-refractivity contribution in [3.8, 4) is 0 Å². The van der Waals surface area contributed by atoms with Gasteiger partial charge in [-0.2, -0.15) is 0 Å². The monoisotopic (exact) mass is 278 g/mol. The van der Waals surface area contributed by atoms with E-state index in [-0.39, 0.29) is 17.5 Å².